The molecule has 0 spiro atoms. The smallest absolute Gasteiger partial charge is 0.258 e. The quantitative estimate of drug-likeness (QED) is 0.167. The molecule has 8 nitrogen and oxygen atoms in total. The lowest BCUT2D eigenvalue weighted by atomic mass is 9.56. The van der Waals surface area contributed by atoms with E-state index in [1.165, 1.54) is 49.4 Å². The lowest BCUT2D eigenvalue weighted by Crippen LogP contribution is -2.60. The van der Waals surface area contributed by atoms with E-state index in [2.05, 4.69) is 0 Å². The van der Waals surface area contributed by atoms with E-state index < -0.39 is 74.4 Å². The molecule has 0 bridgehead atoms. The maximum atomic E-state index is 14.9. The van der Waals surface area contributed by atoms with E-state index in [0.29, 0.717) is 11.1 Å². The molecule has 3 fully saturated rings. The third-order valence-electron chi connectivity index (χ3n) is 9.73. The van der Waals surface area contributed by atoms with Gasteiger partial charge in [0.2, 0.25) is 11.8 Å². The molecule has 4 aliphatic rings. The standard InChI is InChI=1S/C34H24Cl2F2N2O6/c1-16(41)17-2-7-20(8-3-17)39-29(43)23-12-11-22-24(27(23)30(39)44)15-33(35)31(45)40(21-9-5-19(37)6-10-21)32(46)34(33,36)28(22)18-4-13-26(42)25(38)14-18/h2-11,13-14,23-24,27-28,42H,12,15H2,1H3/t23-,24+,27-,28-,33+,34-/m0/s1. The molecule has 234 valence electrons. The van der Waals surface area contributed by atoms with Crippen LogP contribution in [0.3, 0.4) is 0 Å². The molecule has 0 radical (unpaired) electrons. The van der Waals surface area contributed by atoms with Crippen LogP contribution < -0.4 is 9.80 Å². The zero-order chi connectivity index (χ0) is 32.9. The number of phenolic OH excluding ortho intramolecular Hbond substituents is 1. The molecule has 1 saturated carbocycles. The van der Waals surface area contributed by atoms with Gasteiger partial charge < -0.3 is 5.11 Å². The van der Waals surface area contributed by atoms with Gasteiger partial charge in [0, 0.05) is 11.5 Å². The average Bonchev–Trinajstić information content (AvgIpc) is 3.37. The summed E-state index contributed by atoms with van der Waals surface area (Å²) in [5, 5.41) is 9.94. The number of halogens is 4. The summed E-state index contributed by atoms with van der Waals surface area (Å²) in [7, 11) is 0. The summed E-state index contributed by atoms with van der Waals surface area (Å²) in [4.78, 5) is 65.6. The van der Waals surface area contributed by atoms with Crippen molar-refractivity contribution in [2.75, 3.05) is 9.80 Å². The second-order valence-corrected chi connectivity index (χ2v) is 13.3. The summed E-state index contributed by atoms with van der Waals surface area (Å²) in [6, 6.07) is 14.1. The molecule has 2 heterocycles. The Labute approximate surface area is 271 Å². The summed E-state index contributed by atoms with van der Waals surface area (Å²) in [6.45, 7) is 1.40. The number of carbonyl (C=O) groups excluding carboxylic acids is 5. The van der Waals surface area contributed by atoms with Crippen molar-refractivity contribution in [3.63, 3.8) is 0 Å². The Kier molecular flexibility index (Phi) is 6.77. The Morgan fingerprint density at radius 3 is 2.11 bits per heavy atom. The molecule has 1 N–H and O–H groups in total. The number of Topliss-reactive ketones (excluding diaryl/α,β-unsaturated/α-hetero) is 1. The summed E-state index contributed by atoms with van der Waals surface area (Å²) < 4.78 is 28.6. The van der Waals surface area contributed by atoms with Gasteiger partial charge in [-0.1, -0.05) is 17.7 Å². The van der Waals surface area contributed by atoms with E-state index in [4.69, 9.17) is 23.2 Å². The Hall–Kier alpha value is -4.41. The van der Waals surface area contributed by atoms with Crippen molar-refractivity contribution >= 4 is 64.0 Å². The van der Waals surface area contributed by atoms with E-state index in [-0.39, 0.29) is 35.6 Å². The Bertz CT molecular complexity index is 1920. The van der Waals surface area contributed by atoms with Crippen molar-refractivity contribution in [3.8, 4) is 5.75 Å². The van der Waals surface area contributed by atoms with Crippen LogP contribution in [0.4, 0.5) is 20.2 Å². The molecule has 3 aromatic rings. The second kappa shape index (κ2) is 10.3. The topological polar surface area (TPSA) is 112 Å². The summed E-state index contributed by atoms with van der Waals surface area (Å²) >= 11 is 14.5. The number of imide groups is 2. The fourth-order valence-electron chi connectivity index (χ4n) is 7.57. The summed E-state index contributed by atoms with van der Waals surface area (Å²) in [5.74, 6) is -9.23. The molecule has 12 heteroatoms. The number of ketones is 1. The number of anilines is 2. The Balaban J connectivity index is 1.37. The molecule has 0 unspecified atom stereocenters. The van der Waals surface area contributed by atoms with E-state index in [0.717, 1.165) is 34.1 Å². The highest BCUT2D eigenvalue weighted by Gasteiger charge is 2.76. The number of hydrogen-bond donors (Lipinski definition) is 1. The highest BCUT2D eigenvalue weighted by atomic mass is 35.5. The Morgan fingerprint density at radius 1 is 0.848 bits per heavy atom. The lowest BCUT2D eigenvalue weighted by molar-refractivity contribution is -0.125. The third-order valence-corrected chi connectivity index (χ3v) is 11.1. The molecule has 46 heavy (non-hydrogen) atoms. The largest absolute Gasteiger partial charge is 0.505 e. The molecule has 0 aromatic heterocycles. The predicted octanol–water partition coefficient (Wildman–Crippen LogP) is 5.64. The molecule has 4 amide bonds. The minimum Gasteiger partial charge on any atom is -0.505 e. The van der Waals surface area contributed by atoms with Crippen molar-refractivity contribution < 1.29 is 37.9 Å². The number of alkyl halides is 2. The van der Waals surface area contributed by atoms with Gasteiger partial charge >= 0.3 is 0 Å². The molecule has 2 saturated heterocycles. The van der Waals surface area contributed by atoms with E-state index in [1.54, 1.807) is 6.08 Å². The average molecular weight is 665 g/mol. The number of phenols is 1. The first-order chi connectivity index (χ1) is 21.8. The number of hydrogen-bond acceptors (Lipinski definition) is 6. The van der Waals surface area contributed by atoms with Crippen LogP contribution in [0.5, 0.6) is 5.75 Å². The maximum absolute atomic E-state index is 14.9. The number of benzene rings is 3. The number of fused-ring (bicyclic) bond motifs is 4. The van der Waals surface area contributed by atoms with Gasteiger partial charge in [-0.15, -0.1) is 23.2 Å². The van der Waals surface area contributed by atoms with Gasteiger partial charge in [-0.2, -0.15) is 0 Å². The van der Waals surface area contributed by atoms with Crippen LogP contribution >= 0.6 is 23.2 Å². The zero-order valence-corrected chi connectivity index (χ0v) is 25.6. The van der Waals surface area contributed by atoms with Gasteiger partial charge in [0.25, 0.3) is 11.8 Å². The minimum atomic E-state index is -2.23. The van der Waals surface area contributed by atoms with Crippen LogP contribution in [0.15, 0.2) is 78.4 Å². The first-order valence-corrected chi connectivity index (χ1v) is 15.2. The molecular weight excluding hydrogens is 641 g/mol. The van der Waals surface area contributed by atoms with Crippen LogP contribution in [0, 0.1) is 29.4 Å². The zero-order valence-electron chi connectivity index (χ0n) is 24.0. The van der Waals surface area contributed by atoms with Crippen LogP contribution in [-0.2, 0) is 19.2 Å². The molecule has 2 aliphatic heterocycles. The van der Waals surface area contributed by atoms with Gasteiger partial charge in [-0.05, 0) is 91.9 Å². The van der Waals surface area contributed by atoms with E-state index in [1.807, 2.05) is 0 Å². The maximum Gasteiger partial charge on any atom is 0.258 e. The van der Waals surface area contributed by atoms with Gasteiger partial charge in [-0.25, -0.2) is 13.7 Å². The lowest BCUT2D eigenvalue weighted by Gasteiger charge is -2.50. The van der Waals surface area contributed by atoms with Crippen molar-refractivity contribution in [2.45, 2.75) is 35.4 Å². The highest BCUT2D eigenvalue weighted by molar-refractivity contribution is 6.58. The highest BCUT2D eigenvalue weighted by Crippen LogP contribution is 2.66. The van der Waals surface area contributed by atoms with Gasteiger partial charge in [0.1, 0.15) is 5.82 Å². The van der Waals surface area contributed by atoms with Crippen LogP contribution in [0.2, 0.25) is 0 Å². The van der Waals surface area contributed by atoms with Crippen LogP contribution in [-0.4, -0.2) is 44.3 Å². The summed E-state index contributed by atoms with van der Waals surface area (Å²) in [6.07, 6.45) is 1.49. The number of amides is 4. The van der Waals surface area contributed by atoms with Crippen LogP contribution in [0.25, 0.3) is 0 Å². The first-order valence-electron chi connectivity index (χ1n) is 14.5. The first kappa shape index (κ1) is 30.3. The third kappa shape index (κ3) is 3.99. The fourth-order valence-corrected chi connectivity index (χ4v) is 8.51. The molecule has 3 aromatic carbocycles. The number of rotatable bonds is 4. The predicted molar refractivity (Wildman–Crippen MR) is 164 cm³/mol. The van der Waals surface area contributed by atoms with Crippen molar-refractivity contribution in [1.29, 1.82) is 0 Å². The van der Waals surface area contributed by atoms with Gasteiger partial charge in [0.05, 0.1) is 23.2 Å². The van der Waals surface area contributed by atoms with Crippen molar-refractivity contribution in [3.05, 3.63) is 101 Å². The number of aromatic hydroxyl groups is 1. The monoisotopic (exact) mass is 664 g/mol. The molecule has 6 atom stereocenters. The van der Waals surface area contributed by atoms with Crippen molar-refractivity contribution in [2.24, 2.45) is 17.8 Å². The number of nitrogens with zero attached hydrogens (tertiary/aromatic N) is 2. The minimum absolute atomic E-state index is 0.0172. The Morgan fingerprint density at radius 2 is 1.48 bits per heavy atom. The number of carbonyl (C=O) groups is 5. The number of allylic oxidation sites excluding steroid dienone is 2. The van der Waals surface area contributed by atoms with Gasteiger partial charge in [-0.3, -0.25) is 28.9 Å². The molecular formula is C34H24Cl2F2N2O6. The second-order valence-electron chi connectivity index (χ2n) is 12.1. The normalized spacial score (nSPS) is 30.2. The van der Waals surface area contributed by atoms with E-state index >= 15 is 0 Å². The van der Waals surface area contributed by atoms with E-state index in [9.17, 15) is 37.9 Å². The SMILES string of the molecule is CC(=O)c1ccc(N2C(=O)[C@H]3[C@H](CC=C4[C@H]3C[C@@]3(Cl)C(=O)N(c5ccc(F)cc5)C(=O)[C@@]3(Cl)[C@H]4c3ccc(O)c(F)c3)C2=O)cc1. The van der Waals surface area contributed by atoms with Crippen molar-refractivity contribution in [1.82, 2.24) is 0 Å². The molecule has 2 aliphatic carbocycles. The summed E-state index contributed by atoms with van der Waals surface area (Å²) in [5.41, 5.74) is 1.25. The fraction of sp³-hybridized carbons (Fsp3) is 0.265. The van der Waals surface area contributed by atoms with Crippen LogP contribution in [0.1, 0.15) is 41.6 Å². The molecule has 7 rings (SSSR count). The van der Waals surface area contributed by atoms with Gasteiger partial charge in [0.15, 0.2) is 27.1 Å².